The van der Waals surface area contributed by atoms with Gasteiger partial charge in [-0.3, -0.25) is 0 Å². The summed E-state index contributed by atoms with van der Waals surface area (Å²) in [5.41, 5.74) is 0.722. The first-order valence-electron chi connectivity index (χ1n) is 2.13. The van der Waals surface area contributed by atoms with Gasteiger partial charge in [0.15, 0.2) is 0 Å². The molecule has 8 heavy (non-hydrogen) atoms. The van der Waals surface area contributed by atoms with E-state index in [1.54, 1.807) is 0 Å². The third-order valence-electron chi connectivity index (χ3n) is 0.771. The molecule has 0 saturated carbocycles. The quantitative estimate of drug-likeness (QED) is 0.607. The van der Waals surface area contributed by atoms with Crippen molar-refractivity contribution in [2.24, 2.45) is 0 Å². The van der Waals surface area contributed by atoms with Crippen LogP contribution in [0.15, 0.2) is 0 Å². The number of hydrogen-bond donors (Lipinski definition) is 0. The minimum atomic E-state index is 0. The highest BCUT2D eigenvalue weighted by Crippen LogP contribution is 2.07. The van der Waals surface area contributed by atoms with Crippen LogP contribution in [-0.2, 0) is 11.8 Å². The highest BCUT2D eigenvalue weighted by atomic mass is 35.5. The smallest absolute Gasteiger partial charge is 0.00822 e. The normalized spacial score (nSPS) is 11.2. The Morgan fingerprint density at radius 2 is 1.88 bits per heavy atom. The topological polar surface area (TPSA) is 0 Å². The van der Waals surface area contributed by atoms with E-state index in [0.717, 1.165) is 13.0 Å². The van der Waals surface area contributed by atoms with E-state index in [1.807, 2.05) is 0 Å². The molecule has 0 amide bonds. The molecule has 4 heteroatoms. The summed E-state index contributed by atoms with van der Waals surface area (Å²) in [6, 6.07) is 0. The van der Waals surface area contributed by atoms with E-state index in [9.17, 15) is 0 Å². The molecule has 0 bridgehead atoms. The molecule has 1 atom stereocenters. The Hall–Kier alpha value is 1.10. The van der Waals surface area contributed by atoms with Gasteiger partial charge in [-0.1, -0.05) is 25.7 Å². The Labute approximate surface area is 70.1 Å². The van der Waals surface area contributed by atoms with Gasteiger partial charge in [-0.05, 0) is 13.8 Å². The van der Waals surface area contributed by atoms with Gasteiger partial charge in [0, 0.05) is 5.66 Å². The van der Waals surface area contributed by atoms with Crippen LogP contribution >= 0.6 is 32.2 Å². The predicted octanol–water partition coefficient (Wildman–Crippen LogP) is 3.04. The molecule has 0 aromatic carbocycles. The summed E-state index contributed by atoms with van der Waals surface area (Å²) < 4.78 is 0. The van der Waals surface area contributed by atoms with Crippen LogP contribution < -0.4 is 0 Å². The maximum absolute atomic E-state index is 4.75. The summed E-state index contributed by atoms with van der Waals surface area (Å²) in [5.74, 6) is 0. The second-order valence-electron chi connectivity index (χ2n) is 1.36. The second-order valence-corrected chi connectivity index (χ2v) is 3.09. The first-order valence-corrected chi connectivity index (χ1v) is 4.11. The van der Waals surface area contributed by atoms with Gasteiger partial charge >= 0.3 is 0 Å². The summed E-state index contributed by atoms with van der Waals surface area (Å²) in [6.45, 7) is 4.32. The largest absolute Gasteiger partial charge is 0.147 e. The van der Waals surface area contributed by atoms with Crippen molar-refractivity contribution >= 4 is 44.0 Å². The Balaban J connectivity index is -0.000000125. The summed E-state index contributed by atoms with van der Waals surface area (Å²) >= 11 is 4.75. The van der Waals surface area contributed by atoms with E-state index < -0.39 is 0 Å². The van der Waals surface area contributed by atoms with Crippen molar-refractivity contribution in [2.45, 2.75) is 25.9 Å². The minimum Gasteiger partial charge on any atom is -0.147 e. The number of hydrogen-bond acceptors (Lipinski definition) is 1. The Kier molecular flexibility index (Phi) is 22.0. The van der Waals surface area contributed by atoms with Crippen molar-refractivity contribution in [1.29, 1.82) is 0 Å². The van der Waals surface area contributed by atoms with E-state index in [4.69, 9.17) is 11.8 Å². The molecule has 0 aromatic heterocycles. The average molecular weight is 193 g/mol. The highest BCUT2D eigenvalue weighted by molar-refractivity contribution is 7.96. The predicted molar refractivity (Wildman–Crippen MR) is 48.5 cm³/mol. The summed E-state index contributed by atoms with van der Waals surface area (Å²) in [5, 5.41) is 0. The van der Waals surface area contributed by atoms with Gasteiger partial charge in [-0.2, -0.15) is 0 Å². The van der Waals surface area contributed by atoms with E-state index in [1.165, 1.54) is 6.42 Å². The van der Waals surface area contributed by atoms with Crippen LogP contribution in [-0.4, -0.2) is 5.66 Å². The third kappa shape index (κ3) is 10.2. The monoisotopic (exact) mass is 192 g/mol. The van der Waals surface area contributed by atoms with Crippen LogP contribution in [0.2, 0.25) is 0 Å². The van der Waals surface area contributed by atoms with Gasteiger partial charge in [0.1, 0.15) is 0 Å². The van der Waals surface area contributed by atoms with Crippen molar-refractivity contribution in [3.63, 3.8) is 0 Å². The number of rotatable bonds is 2. The average Bonchev–Trinajstić information content (AvgIpc) is 1.65. The second kappa shape index (κ2) is 11.0. The fourth-order valence-corrected chi connectivity index (χ4v) is 0.671. The maximum Gasteiger partial charge on any atom is 0.00822 e. The van der Waals surface area contributed by atoms with Gasteiger partial charge in [0.2, 0.25) is 0 Å². The van der Waals surface area contributed by atoms with Crippen LogP contribution in [0.1, 0.15) is 20.3 Å². The lowest BCUT2D eigenvalue weighted by Gasteiger charge is -1.91. The van der Waals surface area contributed by atoms with Gasteiger partial charge in [0.05, 0.1) is 0 Å². The molecular weight excluding hydrogens is 182 g/mol. The van der Waals surface area contributed by atoms with E-state index in [-0.39, 0.29) is 24.8 Å². The molecule has 0 fully saturated rings. The van der Waals surface area contributed by atoms with E-state index in [2.05, 4.69) is 13.8 Å². The lowest BCUT2D eigenvalue weighted by molar-refractivity contribution is 0.907. The minimum absolute atomic E-state index is 0. The zero-order valence-electron chi connectivity index (χ0n) is 4.96. The van der Waals surface area contributed by atoms with Crippen LogP contribution in [0, 0.1) is 0 Å². The summed E-state index contributed by atoms with van der Waals surface area (Å²) in [4.78, 5) is 0. The molecule has 0 N–H and O–H groups in total. The molecule has 0 aliphatic rings. The zero-order valence-corrected chi connectivity index (χ0v) is 8.30. The molecule has 0 heterocycles. The SMILES string of the molecule is CCC(C)P=S.Cl.Cl. The summed E-state index contributed by atoms with van der Waals surface area (Å²) in [7, 11) is 1.11. The molecule has 0 aliphatic heterocycles. The van der Waals surface area contributed by atoms with Crippen molar-refractivity contribution in [3.05, 3.63) is 0 Å². The van der Waals surface area contributed by atoms with Crippen LogP contribution in [0.25, 0.3) is 0 Å². The standard InChI is InChI=1S/C4H9PS.2ClH/c1-3-4(2)5-6;;/h4H,3H2,1-2H3;2*1H. The Bertz CT molecular complexity index is 51.3. The van der Waals surface area contributed by atoms with Gasteiger partial charge in [0.25, 0.3) is 0 Å². The van der Waals surface area contributed by atoms with Crippen molar-refractivity contribution in [2.75, 3.05) is 0 Å². The van der Waals surface area contributed by atoms with Crippen LogP contribution in [0.3, 0.4) is 0 Å². The van der Waals surface area contributed by atoms with Crippen molar-refractivity contribution < 1.29 is 0 Å². The fraction of sp³-hybridized carbons (Fsp3) is 1.00. The van der Waals surface area contributed by atoms with Crippen molar-refractivity contribution in [3.8, 4) is 0 Å². The lowest BCUT2D eigenvalue weighted by atomic mass is 10.4. The van der Waals surface area contributed by atoms with E-state index in [0.29, 0.717) is 0 Å². The fourth-order valence-electron chi connectivity index (χ4n) is 0.0745. The molecule has 0 spiro atoms. The molecule has 0 radical (unpaired) electrons. The van der Waals surface area contributed by atoms with E-state index >= 15 is 0 Å². The maximum atomic E-state index is 4.75. The van der Waals surface area contributed by atoms with Crippen LogP contribution in [0.4, 0.5) is 0 Å². The molecule has 0 saturated heterocycles. The number of halogens is 2. The first-order chi connectivity index (χ1) is 2.81. The third-order valence-corrected chi connectivity index (χ3v) is 2.58. The highest BCUT2D eigenvalue weighted by Gasteiger charge is 1.87. The van der Waals surface area contributed by atoms with Gasteiger partial charge in [-0.15, -0.1) is 24.8 Å². The molecule has 0 rings (SSSR count). The molecular formula is C4H11Cl2PS. The Morgan fingerprint density at radius 3 is 1.88 bits per heavy atom. The lowest BCUT2D eigenvalue weighted by Crippen LogP contribution is -1.82. The molecule has 0 nitrogen and oxygen atoms in total. The molecule has 52 valence electrons. The zero-order chi connectivity index (χ0) is 4.99. The molecule has 0 aliphatic carbocycles. The Morgan fingerprint density at radius 1 is 1.50 bits per heavy atom. The molecule has 0 aromatic rings. The first kappa shape index (κ1) is 16.0. The van der Waals surface area contributed by atoms with Crippen molar-refractivity contribution in [1.82, 2.24) is 0 Å². The summed E-state index contributed by atoms with van der Waals surface area (Å²) in [6.07, 6.45) is 1.21. The molecule has 1 unspecified atom stereocenters. The van der Waals surface area contributed by atoms with Gasteiger partial charge in [-0.25, -0.2) is 0 Å². The van der Waals surface area contributed by atoms with Gasteiger partial charge < -0.3 is 0 Å². The van der Waals surface area contributed by atoms with Crippen LogP contribution in [0.5, 0.6) is 0 Å².